The molecule has 2 aliphatic rings. The van der Waals surface area contributed by atoms with Crippen molar-refractivity contribution in [3.8, 4) is 0 Å². The number of aliphatic hydroxyl groups excluding tert-OH is 1. The first kappa shape index (κ1) is 10.9. The number of aliphatic hydroxyl groups is 1. The van der Waals surface area contributed by atoms with Crippen LogP contribution in [0, 0.1) is 16.7 Å². The molecular weight excluding hydrogens is 184 g/mol. The molecule has 3 atom stereocenters. The fourth-order valence-electron chi connectivity index (χ4n) is 3.38. The Bertz CT molecular complexity index is 304. The Labute approximate surface area is 92.9 Å². The number of allylic oxidation sites excluding steroid dienone is 2. The molecule has 2 rings (SSSR count). The lowest BCUT2D eigenvalue weighted by atomic mass is 9.55. The van der Waals surface area contributed by atoms with Crippen LogP contribution in [0.3, 0.4) is 0 Å². The molecule has 84 valence electrons. The van der Waals surface area contributed by atoms with Crippen LogP contribution < -0.4 is 0 Å². The molecule has 1 heteroatoms. The van der Waals surface area contributed by atoms with E-state index in [1.165, 1.54) is 18.4 Å². The van der Waals surface area contributed by atoms with E-state index in [1.807, 2.05) is 0 Å². The summed E-state index contributed by atoms with van der Waals surface area (Å²) in [5, 5.41) is 9.74. The average Bonchev–Trinajstić information content (AvgIpc) is 2.54. The lowest BCUT2D eigenvalue weighted by Gasteiger charge is -2.49. The van der Waals surface area contributed by atoms with E-state index < -0.39 is 0 Å². The van der Waals surface area contributed by atoms with Crippen molar-refractivity contribution in [3.63, 3.8) is 0 Å². The fourth-order valence-corrected chi connectivity index (χ4v) is 3.38. The first-order valence-electron chi connectivity index (χ1n) is 5.97. The molecule has 1 fully saturated rings. The molecule has 0 aliphatic heterocycles. The summed E-state index contributed by atoms with van der Waals surface area (Å²) in [7, 11) is 0. The Hall–Kier alpha value is -0.560. The number of rotatable bonds is 2. The minimum atomic E-state index is 0.0366. The molecule has 0 radical (unpaired) electrons. The molecule has 0 aromatic rings. The van der Waals surface area contributed by atoms with Crippen molar-refractivity contribution in [2.24, 2.45) is 16.7 Å². The Morgan fingerprint density at radius 3 is 2.93 bits per heavy atom. The maximum absolute atomic E-state index is 9.74. The first-order chi connectivity index (χ1) is 7.03. The third kappa shape index (κ3) is 1.48. The molecule has 0 aromatic heterocycles. The predicted octanol–water partition coefficient (Wildman–Crippen LogP) is 3.31. The minimum absolute atomic E-state index is 0.0366. The minimum Gasteiger partial charge on any atom is -0.395 e. The Morgan fingerprint density at radius 2 is 2.33 bits per heavy atom. The van der Waals surface area contributed by atoms with Gasteiger partial charge in [-0.15, -0.1) is 0 Å². The van der Waals surface area contributed by atoms with Gasteiger partial charge in [0.2, 0.25) is 0 Å². The van der Waals surface area contributed by atoms with Crippen molar-refractivity contribution >= 4 is 0 Å². The van der Waals surface area contributed by atoms with Crippen LogP contribution in [0.4, 0.5) is 0 Å². The van der Waals surface area contributed by atoms with Crippen molar-refractivity contribution in [2.75, 3.05) is 6.61 Å². The van der Waals surface area contributed by atoms with E-state index in [4.69, 9.17) is 0 Å². The summed E-state index contributed by atoms with van der Waals surface area (Å²) in [5.41, 5.74) is 1.62. The molecule has 0 saturated heterocycles. The fraction of sp³-hybridized carbons (Fsp3) is 0.714. The summed E-state index contributed by atoms with van der Waals surface area (Å²) >= 11 is 0. The molecule has 1 saturated carbocycles. The zero-order valence-electron chi connectivity index (χ0n) is 9.92. The molecule has 0 aromatic carbocycles. The molecule has 1 N–H and O–H groups in total. The van der Waals surface area contributed by atoms with Crippen LogP contribution in [0.5, 0.6) is 0 Å². The lowest BCUT2D eigenvalue weighted by molar-refractivity contribution is -0.00812. The van der Waals surface area contributed by atoms with E-state index in [0.717, 1.165) is 12.8 Å². The summed E-state index contributed by atoms with van der Waals surface area (Å²) in [6.07, 6.45) is 9.22. The van der Waals surface area contributed by atoms with E-state index in [2.05, 4.69) is 32.6 Å². The van der Waals surface area contributed by atoms with E-state index in [9.17, 15) is 5.11 Å². The molecule has 0 spiro atoms. The highest BCUT2D eigenvalue weighted by Gasteiger charge is 2.51. The van der Waals surface area contributed by atoms with Crippen molar-refractivity contribution in [2.45, 2.75) is 39.5 Å². The topological polar surface area (TPSA) is 20.2 Å². The van der Waals surface area contributed by atoms with Gasteiger partial charge >= 0.3 is 0 Å². The highest BCUT2D eigenvalue weighted by atomic mass is 16.3. The van der Waals surface area contributed by atoms with Gasteiger partial charge in [-0.2, -0.15) is 0 Å². The quantitative estimate of drug-likeness (QED) is 0.687. The summed E-state index contributed by atoms with van der Waals surface area (Å²) in [5.74, 6) is 0.605. The van der Waals surface area contributed by atoms with Gasteiger partial charge in [0.05, 0.1) is 6.61 Å². The normalized spacial score (nSPS) is 44.1. The van der Waals surface area contributed by atoms with E-state index >= 15 is 0 Å². The van der Waals surface area contributed by atoms with Crippen LogP contribution >= 0.6 is 0 Å². The molecular formula is C14H22O. The molecule has 0 heterocycles. The van der Waals surface area contributed by atoms with Gasteiger partial charge in [0, 0.05) is 5.41 Å². The molecule has 1 nitrogen and oxygen atoms in total. The second-order valence-electron chi connectivity index (χ2n) is 5.77. The summed E-state index contributed by atoms with van der Waals surface area (Å²) in [6.45, 7) is 8.82. The second kappa shape index (κ2) is 3.48. The van der Waals surface area contributed by atoms with E-state index in [1.54, 1.807) is 0 Å². The smallest absolute Gasteiger partial charge is 0.0527 e. The standard InChI is InChI=1S/C14H22O/c1-11(2)12-5-8-13(3)6-4-7-14(13,9-12)10-15/h4,7,12,15H,1,5-6,8-10H2,2-3H3. The zero-order valence-corrected chi connectivity index (χ0v) is 9.92. The molecule has 0 bridgehead atoms. The van der Waals surface area contributed by atoms with Crippen LogP contribution in [0.25, 0.3) is 0 Å². The van der Waals surface area contributed by atoms with Gasteiger partial charge in [0.1, 0.15) is 0 Å². The third-order valence-corrected chi connectivity index (χ3v) is 4.84. The summed E-state index contributed by atoms with van der Waals surface area (Å²) in [4.78, 5) is 0. The monoisotopic (exact) mass is 206 g/mol. The Kier molecular flexibility index (Phi) is 2.54. The number of hydrogen-bond donors (Lipinski definition) is 1. The Balaban J connectivity index is 2.26. The molecule has 2 aliphatic carbocycles. The van der Waals surface area contributed by atoms with Crippen molar-refractivity contribution < 1.29 is 5.11 Å². The maximum atomic E-state index is 9.74. The van der Waals surface area contributed by atoms with Crippen LogP contribution in [0.15, 0.2) is 24.3 Å². The second-order valence-corrected chi connectivity index (χ2v) is 5.77. The predicted molar refractivity (Wildman–Crippen MR) is 63.5 cm³/mol. The van der Waals surface area contributed by atoms with Crippen LogP contribution in [-0.2, 0) is 0 Å². The average molecular weight is 206 g/mol. The van der Waals surface area contributed by atoms with Crippen LogP contribution in [0.1, 0.15) is 39.5 Å². The third-order valence-electron chi connectivity index (χ3n) is 4.84. The van der Waals surface area contributed by atoms with E-state index in [-0.39, 0.29) is 5.41 Å². The van der Waals surface area contributed by atoms with E-state index in [0.29, 0.717) is 17.9 Å². The zero-order chi connectivity index (χ0) is 11.1. The molecule has 0 amide bonds. The van der Waals surface area contributed by atoms with Crippen molar-refractivity contribution in [3.05, 3.63) is 24.3 Å². The van der Waals surface area contributed by atoms with Gasteiger partial charge < -0.3 is 5.11 Å². The Morgan fingerprint density at radius 1 is 1.60 bits per heavy atom. The van der Waals surface area contributed by atoms with Crippen molar-refractivity contribution in [1.29, 1.82) is 0 Å². The van der Waals surface area contributed by atoms with Gasteiger partial charge in [-0.05, 0) is 43.9 Å². The van der Waals surface area contributed by atoms with Crippen LogP contribution in [-0.4, -0.2) is 11.7 Å². The summed E-state index contributed by atoms with van der Waals surface area (Å²) in [6, 6.07) is 0. The SMILES string of the molecule is C=C(C)C1CCC2(C)CC=CC2(CO)C1. The van der Waals surface area contributed by atoms with Crippen LogP contribution in [0.2, 0.25) is 0 Å². The number of hydrogen-bond acceptors (Lipinski definition) is 1. The highest BCUT2D eigenvalue weighted by molar-refractivity contribution is 5.21. The highest BCUT2D eigenvalue weighted by Crippen LogP contribution is 2.59. The van der Waals surface area contributed by atoms with Gasteiger partial charge in [-0.25, -0.2) is 0 Å². The maximum Gasteiger partial charge on any atom is 0.0527 e. The van der Waals surface area contributed by atoms with Gasteiger partial charge in [0.25, 0.3) is 0 Å². The largest absolute Gasteiger partial charge is 0.395 e. The molecule has 15 heavy (non-hydrogen) atoms. The summed E-state index contributed by atoms with van der Waals surface area (Å²) < 4.78 is 0. The number of fused-ring (bicyclic) bond motifs is 1. The van der Waals surface area contributed by atoms with Crippen molar-refractivity contribution in [1.82, 2.24) is 0 Å². The van der Waals surface area contributed by atoms with Gasteiger partial charge in [-0.1, -0.05) is 31.2 Å². The first-order valence-corrected chi connectivity index (χ1v) is 5.97. The molecule has 3 unspecified atom stereocenters. The van der Waals surface area contributed by atoms with Gasteiger partial charge in [-0.3, -0.25) is 0 Å². The van der Waals surface area contributed by atoms with Gasteiger partial charge in [0.15, 0.2) is 0 Å². The lowest BCUT2D eigenvalue weighted by Crippen LogP contribution is -2.44.